The van der Waals surface area contributed by atoms with Crippen molar-refractivity contribution in [3.8, 4) is 0 Å². The quantitative estimate of drug-likeness (QED) is 0.770. The predicted molar refractivity (Wildman–Crippen MR) is 67.6 cm³/mol. The molecule has 18 heavy (non-hydrogen) atoms. The Bertz CT molecular complexity index is 635. The number of rotatable bonds is 5. The Hall–Kier alpha value is -1.74. The number of H-pyrrole nitrogens is 1. The topological polar surface area (TPSA) is 104 Å². The molecule has 0 fully saturated rings. The van der Waals surface area contributed by atoms with Crippen LogP contribution in [-0.4, -0.2) is 59.1 Å². The molecule has 0 aliphatic carbocycles. The fourth-order valence-electron chi connectivity index (χ4n) is 1.38. The number of hydrogen-bond donors (Lipinski definition) is 2. The Kier molecular flexibility index (Phi) is 3.43. The predicted octanol–water partition coefficient (Wildman–Crippen LogP) is -0.344. The van der Waals surface area contributed by atoms with Gasteiger partial charge in [-0.25, -0.2) is 27.7 Å². The van der Waals surface area contributed by atoms with E-state index in [1.165, 1.54) is 31.1 Å². The third-order valence-corrected chi connectivity index (χ3v) is 4.26. The van der Waals surface area contributed by atoms with Gasteiger partial charge >= 0.3 is 0 Å². The second-order valence-corrected chi connectivity index (χ2v) is 6.15. The van der Waals surface area contributed by atoms with E-state index in [1.807, 2.05) is 0 Å². The number of anilines is 1. The van der Waals surface area contributed by atoms with E-state index in [2.05, 4.69) is 25.3 Å². The highest BCUT2D eigenvalue weighted by atomic mass is 32.2. The Morgan fingerprint density at radius 3 is 2.83 bits per heavy atom. The Morgan fingerprint density at radius 2 is 2.11 bits per heavy atom. The summed E-state index contributed by atoms with van der Waals surface area (Å²) in [6.45, 7) is 0.269. The first kappa shape index (κ1) is 12.7. The number of aromatic nitrogens is 4. The highest BCUT2D eigenvalue weighted by molar-refractivity contribution is 7.89. The maximum atomic E-state index is 11.6. The van der Waals surface area contributed by atoms with Crippen LogP contribution in [0.1, 0.15) is 0 Å². The minimum absolute atomic E-state index is 0.000364. The molecule has 98 valence electrons. The van der Waals surface area contributed by atoms with Crippen molar-refractivity contribution >= 4 is 27.0 Å². The van der Waals surface area contributed by atoms with Gasteiger partial charge in [0.1, 0.15) is 11.8 Å². The lowest BCUT2D eigenvalue weighted by Gasteiger charge is -2.11. The molecule has 0 aliphatic rings. The molecule has 0 radical (unpaired) electrons. The number of hydrogen-bond acceptors (Lipinski definition) is 6. The highest BCUT2D eigenvalue weighted by Gasteiger charge is 2.13. The molecule has 0 saturated heterocycles. The standard InChI is InChI=1S/C9H14N6O2S/c1-15(2)18(16,17)4-3-10-8-7-9(12-5-11-7)14-6-13-8/h5-6H,3-4H2,1-2H3,(H2,10,11,12,13,14). The lowest BCUT2D eigenvalue weighted by Crippen LogP contribution is -2.28. The lowest BCUT2D eigenvalue weighted by atomic mass is 10.5. The van der Waals surface area contributed by atoms with Gasteiger partial charge in [-0.3, -0.25) is 0 Å². The van der Waals surface area contributed by atoms with Gasteiger partial charge in [-0.2, -0.15) is 0 Å². The van der Waals surface area contributed by atoms with Crippen LogP contribution in [-0.2, 0) is 10.0 Å². The molecule has 0 spiro atoms. The van der Waals surface area contributed by atoms with E-state index < -0.39 is 10.0 Å². The van der Waals surface area contributed by atoms with Gasteiger partial charge in [0.15, 0.2) is 11.5 Å². The summed E-state index contributed by atoms with van der Waals surface area (Å²) in [5.41, 5.74) is 1.21. The van der Waals surface area contributed by atoms with Crippen LogP contribution < -0.4 is 5.32 Å². The molecule has 0 aromatic carbocycles. The fourth-order valence-corrected chi connectivity index (χ4v) is 2.11. The molecular weight excluding hydrogens is 256 g/mol. The molecule has 2 N–H and O–H groups in total. The summed E-state index contributed by atoms with van der Waals surface area (Å²) in [4.78, 5) is 14.9. The second kappa shape index (κ2) is 4.86. The molecule has 0 amide bonds. The normalized spacial score (nSPS) is 12.2. The molecule has 8 nitrogen and oxygen atoms in total. The Balaban J connectivity index is 2.05. The van der Waals surface area contributed by atoms with E-state index >= 15 is 0 Å². The van der Waals surface area contributed by atoms with Crippen LogP contribution >= 0.6 is 0 Å². The first-order valence-electron chi connectivity index (χ1n) is 5.29. The van der Waals surface area contributed by atoms with Crippen molar-refractivity contribution in [2.24, 2.45) is 0 Å². The van der Waals surface area contributed by atoms with Gasteiger partial charge in [-0.15, -0.1) is 0 Å². The van der Waals surface area contributed by atoms with Crippen LogP contribution in [0.3, 0.4) is 0 Å². The minimum atomic E-state index is -3.21. The smallest absolute Gasteiger partial charge is 0.215 e. The summed E-state index contributed by atoms with van der Waals surface area (Å²) in [7, 11) is -0.193. The molecule has 0 saturated carbocycles. The summed E-state index contributed by atoms with van der Waals surface area (Å²) in [6.07, 6.45) is 2.90. The maximum Gasteiger partial charge on any atom is 0.215 e. The summed E-state index contributed by atoms with van der Waals surface area (Å²) < 4.78 is 24.3. The number of sulfonamides is 1. The SMILES string of the molecule is CN(C)S(=O)(=O)CCNc1ncnc2nc[nH]c12. The van der Waals surface area contributed by atoms with Crippen LogP contribution in [0.5, 0.6) is 0 Å². The zero-order valence-corrected chi connectivity index (χ0v) is 10.9. The van der Waals surface area contributed by atoms with Crippen LogP contribution in [0.15, 0.2) is 12.7 Å². The van der Waals surface area contributed by atoms with Crippen LogP contribution in [0, 0.1) is 0 Å². The number of aromatic amines is 1. The first-order chi connectivity index (χ1) is 8.50. The summed E-state index contributed by atoms with van der Waals surface area (Å²) in [5.74, 6) is 0.547. The molecule has 0 atom stereocenters. The van der Waals surface area contributed by atoms with Crippen molar-refractivity contribution < 1.29 is 8.42 Å². The fraction of sp³-hybridized carbons (Fsp3) is 0.444. The van der Waals surface area contributed by atoms with E-state index in [4.69, 9.17) is 0 Å². The zero-order chi connectivity index (χ0) is 13.2. The Labute approximate surface area is 105 Å². The van der Waals surface area contributed by atoms with Crippen molar-refractivity contribution in [3.05, 3.63) is 12.7 Å². The lowest BCUT2D eigenvalue weighted by molar-refractivity contribution is 0.521. The molecule has 2 heterocycles. The highest BCUT2D eigenvalue weighted by Crippen LogP contribution is 2.13. The van der Waals surface area contributed by atoms with Crippen molar-refractivity contribution in [2.75, 3.05) is 31.7 Å². The molecular formula is C9H14N6O2S. The molecule has 0 unspecified atom stereocenters. The second-order valence-electron chi connectivity index (χ2n) is 3.85. The van der Waals surface area contributed by atoms with Crippen LogP contribution in [0.4, 0.5) is 5.82 Å². The van der Waals surface area contributed by atoms with E-state index in [0.717, 1.165) is 0 Å². The Morgan fingerprint density at radius 1 is 1.33 bits per heavy atom. The van der Waals surface area contributed by atoms with E-state index in [1.54, 1.807) is 0 Å². The summed E-state index contributed by atoms with van der Waals surface area (Å²) >= 11 is 0. The van der Waals surface area contributed by atoms with E-state index in [9.17, 15) is 8.42 Å². The van der Waals surface area contributed by atoms with Crippen LogP contribution in [0.2, 0.25) is 0 Å². The van der Waals surface area contributed by atoms with Crippen molar-refractivity contribution in [2.45, 2.75) is 0 Å². The van der Waals surface area contributed by atoms with Gasteiger partial charge in [-0.1, -0.05) is 0 Å². The van der Waals surface area contributed by atoms with Gasteiger partial charge in [-0.05, 0) is 0 Å². The zero-order valence-electron chi connectivity index (χ0n) is 10.1. The monoisotopic (exact) mass is 270 g/mol. The molecule has 9 heteroatoms. The average Bonchev–Trinajstić information content (AvgIpc) is 2.77. The number of fused-ring (bicyclic) bond motifs is 1. The largest absolute Gasteiger partial charge is 0.367 e. The van der Waals surface area contributed by atoms with Crippen molar-refractivity contribution in [1.29, 1.82) is 0 Å². The van der Waals surface area contributed by atoms with Crippen molar-refractivity contribution in [1.82, 2.24) is 24.2 Å². The molecule has 0 bridgehead atoms. The van der Waals surface area contributed by atoms with E-state index in [-0.39, 0.29) is 12.3 Å². The number of nitrogens with zero attached hydrogens (tertiary/aromatic N) is 4. The van der Waals surface area contributed by atoms with Gasteiger partial charge in [0.05, 0.1) is 12.1 Å². The maximum absolute atomic E-state index is 11.6. The van der Waals surface area contributed by atoms with Gasteiger partial charge < -0.3 is 10.3 Å². The summed E-state index contributed by atoms with van der Waals surface area (Å²) in [5, 5.41) is 2.96. The van der Waals surface area contributed by atoms with Crippen molar-refractivity contribution in [3.63, 3.8) is 0 Å². The van der Waals surface area contributed by atoms with Gasteiger partial charge in [0.2, 0.25) is 10.0 Å². The first-order valence-corrected chi connectivity index (χ1v) is 6.90. The molecule has 2 rings (SSSR count). The van der Waals surface area contributed by atoms with Crippen LogP contribution in [0.25, 0.3) is 11.2 Å². The number of nitrogens with one attached hydrogen (secondary N) is 2. The van der Waals surface area contributed by atoms with Gasteiger partial charge in [0.25, 0.3) is 0 Å². The summed E-state index contributed by atoms with van der Waals surface area (Å²) in [6, 6.07) is 0. The molecule has 0 aliphatic heterocycles. The third-order valence-electron chi connectivity index (χ3n) is 2.43. The third kappa shape index (κ3) is 2.57. The number of imidazole rings is 1. The minimum Gasteiger partial charge on any atom is -0.367 e. The van der Waals surface area contributed by atoms with Gasteiger partial charge in [0, 0.05) is 20.6 Å². The molecule has 2 aromatic heterocycles. The molecule has 2 aromatic rings. The average molecular weight is 270 g/mol. The van der Waals surface area contributed by atoms with E-state index in [0.29, 0.717) is 17.0 Å².